The van der Waals surface area contributed by atoms with Gasteiger partial charge in [0.25, 0.3) is 0 Å². The van der Waals surface area contributed by atoms with Crippen LogP contribution < -0.4 is 0 Å². The lowest BCUT2D eigenvalue weighted by Gasteiger charge is -1.95. The van der Waals surface area contributed by atoms with E-state index in [0.29, 0.717) is 0 Å². The van der Waals surface area contributed by atoms with Crippen molar-refractivity contribution >= 4 is 0 Å². The van der Waals surface area contributed by atoms with Crippen LogP contribution in [0, 0.1) is 6.92 Å². The molecule has 0 fully saturated rings. The highest BCUT2D eigenvalue weighted by Gasteiger charge is 1.98. The van der Waals surface area contributed by atoms with Crippen molar-refractivity contribution in [1.29, 1.82) is 0 Å². The summed E-state index contributed by atoms with van der Waals surface area (Å²) in [4.78, 5) is 7.21. The fourth-order valence-corrected chi connectivity index (χ4v) is 1.30. The molecular formula is C11H11N2. The molecule has 2 nitrogen and oxygen atoms in total. The van der Waals surface area contributed by atoms with Gasteiger partial charge in [0.1, 0.15) is 5.82 Å². The van der Waals surface area contributed by atoms with Gasteiger partial charge in [0, 0.05) is 19.5 Å². The van der Waals surface area contributed by atoms with Gasteiger partial charge in [-0.1, -0.05) is 30.3 Å². The normalized spacial score (nSPS) is 10.2. The zero-order valence-electron chi connectivity index (χ0n) is 7.33. The molecule has 0 aliphatic heterocycles. The van der Waals surface area contributed by atoms with E-state index in [1.165, 1.54) is 5.56 Å². The number of hydrogen-bond acceptors (Lipinski definition) is 1. The lowest BCUT2D eigenvalue weighted by atomic mass is 10.1. The summed E-state index contributed by atoms with van der Waals surface area (Å²) in [5, 5.41) is 0. The van der Waals surface area contributed by atoms with Crippen molar-refractivity contribution in [3.8, 4) is 0 Å². The van der Waals surface area contributed by atoms with Crippen LogP contribution >= 0.6 is 0 Å². The van der Waals surface area contributed by atoms with Crippen LogP contribution in [0.5, 0.6) is 0 Å². The fraction of sp³-hybridized carbons (Fsp3) is 0.0909. The number of nitrogens with one attached hydrogen (secondary N) is 1. The van der Waals surface area contributed by atoms with Crippen molar-refractivity contribution in [2.45, 2.75) is 6.42 Å². The van der Waals surface area contributed by atoms with Crippen LogP contribution in [0.15, 0.2) is 36.5 Å². The van der Waals surface area contributed by atoms with Crippen molar-refractivity contribution in [2.75, 3.05) is 0 Å². The molecule has 0 amide bonds. The molecule has 0 saturated carbocycles. The van der Waals surface area contributed by atoms with Crippen LogP contribution in [0.25, 0.3) is 0 Å². The highest BCUT2D eigenvalue weighted by molar-refractivity contribution is 5.21. The SMILES string of the molecule is [CH2]c1nc(Cc2ccccc2)c[nH]1. The van der Waals surface area contributed by atoms with Gasteiger partial charge >= 0.3 is 0 Å². The molecule has 2 aromatic rings. The average Bonchev–Trinajstić information content (AvgIpc) is 2.53. The van der Waals surface area contributed by atoms with Crippen LogP contribution in [-0.4, -0.2) is 9.97 Å². The predicted molar refractivity (Wildman–Crippen MR) is 52.3 cm³/mol. The lowest BCUT2D eigenvalue weighted by molar-refractivity contribution is 1.09. The number of rotatable bonds is 2. The summed E-state index contributed by atoms with van der Waals surface area (Å²) in [5.41, 5.74) is 2.31. The molecule has 0 saturated heterocycles. The summed E-state index contributed by atoms with van der Waals surface area (Å²) < 4.78 is 0. The lowest BCUT2D eigenvalue weighted by Crippen LogP contribution is -1.87. The van der Waals surface area contributed by atoms with Gasteiger partial charge in [-0.15, -0.1) is 0 Å². The smallest absolute Gasteiger partial charge is 0.106 e. The molecule has 0 spiro atoms. The van der Waals surface area contributed by atoms with Gasteiger partial charge in [-0.2, -0.15) is 0 Å². The largest absolute Gasteiger partial charge is 0.348 e. The second-order valence-corrected chi connectivity index (χ2v) is 3.00. The maximum Gasteiger partial charge on any atom is 0.106 e. The van der Waals surface area contributed by atoms with E-state index in [2.05, 4.69) is 29.0 Å². The van der Waals surface area contributed by atoms with Crippen LogP contribution in [0.3, 0.4) is 0 Å². The topological polar surface area (TPSA) is 28.7 Å². The van der Waals surface area contributed by atoms with Crippen molar-refractivity contribution < 1.29 is 0 Å². The van der Waals surface area contributed by atoms with Crippen molar-refractivity contribution in [3.63, 3.8) is 0 Å². The zero-order chi connectivity index (χ0) is 9.10. The number of H-pyrrole nitrogens is 1. The van der Waals surface area contributed by atoms with Crippen molar-refractivity contribution in [2.24, 2.45) is 0 Å². The van der Waals surface area contributed by atoms with E-state index >= 15 is 0 Å². The first-order valence-electron chi connectivity index (χ1n) is 4.25. The van der Waals surface area contributed by atoms with Gasteiger partial charge in [0.15, 0.2) is 0 Å². The second kappa shape index (κ2) is 3.44. The van der Waals surface area contributed by atoms with E-state index in [9.17, 15) is 0 Å². The quantitative estimate of drug-likeness (QED) is 0.737. The molecule has 1 radical (unpaired) electrons. The van der Waals surface area contributed by atoms with Crippen LogP contribution in [0.4, 0.5) is 0 Å². The average molecular weight is 171 g/mol. The third-order valence-electron chi connectivity index (χ3n) is 1.91. The zero-order valence-corrected chi connectivity index (χ0v) is 7.33. The molecule has 1 heterocycles. The second-order valence-electron chi connectivity index (χ2n) is 3.00. The number of imidazole rings is 1. The van der Waals surface area contributed by atoms with E-state index in [1.54, 1.807) is 0 Å². The van der Waals surface area contributed by atoms with Crippen LogP contribution in [0.1, 0.15) is 17.1 Å². The molecule has 0 unspecified atom stereocenters. The van der Waals surface area contributed by atoms with Crippen LogP contribution in [-0.2, 0) is 6.42 Å². The predicted octanol–water partition coefficient (Wildman–Crippen LogP) is 2.18. The highest BCUT2D eigenvalue weighted by Crippen LogP contribution is 2.06. The molecule has 1 aromatic carbocycles. The van der Waals surface area contributed by atoms with Gasteiger partial charge in [-0.3, -0.25) is 0 Å². The molecule has 65 valence electrons. The van der Waals surface area contributed by atoms with Gasteiger partial charge in [-0.05, 0) is 5.56 Å². The molecule has 0 aliphatic carbocycles. The minimum Gasteiger partial charge on any atom is -0.348 e. The van der Waals surface area contributed by atoms with E-state index < -0.39 is 0 Å². The summed E-state index contributed by atoms with van der Waals surface area (Å²) >= 11 is 0. The summed E-state index contributed by atoms with van der Waals surface area (Å²) in [6.45, 7) is 3.72. The maximum absolute atomic E-state index is 4.24. The monoisotopic (exact) mass is 171 g/mol. The van der Waals surface area contributed by atoms with Gasteiger partial charge in [0.2, 0.25) is 0 Å². The summed E-state index contributed by atoms with van der Waals surface area (Å²) in [5.74, 6) is 0.728. The van der Waals surface area contributed by atoms with Gasteiger partial charge in [0.05, 0.1) is 5.69 Å². The molecule has 2 rings (SSSR count). The van der Waals surface area contributed by atoms with Gasteiger partial charge < -0.3 is 4.98 Å². The Hall–Kier alpha value is -1.57. The third kappa shape index (κ3) is 1.96. The van der Waals surface area contributed by atoms with E-state index in [0.717, 1.165) is 17.9 Å². The summed E-state index contributed by atoms with van der Waals surface area (Å²) in [6.07, 6.45) is 2.77. The summed E-state index contributed by atoms with van der Waals surface area (Å²) in [6, 6.07) is 10.3. The molecule has 2 heteroatoms. The van der Waals surface area contributed by atoms with E-state index in [1.807, 2.05) is 24.4 Å². The van der Waals surface area contributed by atoms with E-state index in [-0.39, 0.29) is 0 Å². The molecule has 13 heavy (non-hydrogen) atoms. The fourth-order valence-electron chi connectivity index (χ4n) is 1.30. The Morgan fingerprint density at radius 3 is 2.62 bits per heavy atom. The Morgan fingerprint density at radius 2 is 2.00 bits per heavy atom. The first-order chi connectivity index (χ1) is 6.34. The van der Waals surface area contributed by atoms with Crippen LogP contribution in [0.2, 0.25) is 0 Å². The molecular weight excluding hydrogens is 160 g/mol. The van der Waals surface area contributed by atoms with E-state index in [4.69, 9.17) is 0 Å². The first-order valence-corrected chi connectivity index (χ1v) is 4.25. The Kier molecular flexibility index (Phi) is 2.13. The number of benzene rings is 1. The minimum atomic E-state index is 0.728. The minimum absolute atomic E-state index is 0.728. The number of aromatic nitrogens is 2. The Balaban J connectivity index is 2.15. The molecule has 1 N–H and O–H groups in total. The maximum atomic E-state index is 4.24. The number of aromatic amines is 1. The molecule has 0 aliphatic rings. The molecule has 1 aromatic heterocycles. The Morgan fingerprint density at radius 1 is 1.23 bits per heavy atom. The van der Waals surface area contributed by atoms with Crippen molar-refractivity contribution in [3.05, 3.63) is 60.5 Å². The Bertz CT molecular complexity index is 376. The first kappa shape index (κ1) is 8.05. The number of nitrogens with zero attached hydrogens (tertiary/aromatic N) is 1. The van der Waals surface area contributed by atoms with Crippen molar-refractivity contribution in [1.82, 2.24) is 9.97 Å². The highest BCUT2D eigenvalue weighted by atomic mass is 14.9. The standard InChI is InChI=1S/C11H11N2/c1-9-12-8-11(13-9)7-10-5-3-2-4-6-10/h2-6,8H,1,7H2,(H,12,13). The summed E-state index contributed by atoms with van der Waals surface area (Å²) in [7, 11) is 0. The molecule has 0 bridgehead atoms. The number of hydrogen-bond donors (Lipinski definition) is 1. The van der Waals surface area contributed by atoms with Gasteiger partial charge in [-0.25, -0.2) is 4.98 Å². The molecule has 0 atom stereocenters. The third-order valence-corrected chi connectivity index (χ3v) is 1.91. The Labute approximate surface area is 77.6 Å².